The summed E-state index contributed by atoms with van der Waals surface area (Å²) in [5, 5.41) is 4.22. The zero-order valence-electron chi connectivity index (χ0n) is 8.53. The second-order valence-electron chi connectivity index (χ2n) is 4.26. The predicted molar refractivity (Wildman–Crippen MR) is 54.5 cm³/mol. The smallest absolute Gasteiger partial charge is 0.218 e. The molecule has 0 aliphatic heterocycles. The fraction of sp³-hybridized carbons (Fsp3) is 0.778. The minimum Gasteiger partial charge on any atom is -0.368 e. The van der Waals surface area contributed by atoms with E-state index in [4.69, 9.17) is 11.5 Å². The van der Waals surface area contributed by atoms with Crippen molar-refractivity contribution in [2.24, 2.45) is 12.8 Å². The first kappa shape index (κ1) is 9.45. The molecule has 5 heteroatoms. The van der Waals surface area contributed by atoms with Gasteiger partial charge in [0.1, 0.15) is 0 Å². The lowest BCUT2D eigenvalue weighted by molar-refractivity contribution is 0.425. The van der Waals surface area contributed by atoms with Crippen LogP contribution in [0.1, 0.15) is 31.5 Å². The van der Waals surface area contributed by atoms with Crippen molar-refractivity contribution in [3.63, 3.8) is 0 Å². The van der Waals surface area contributed by atoms with Gasteiger partial charge in [-0.1, -0.05) is 12.8 Å². The molecule has 1 heterocycles. The van der Waals surface area contributed by atoms with E-state index in [1.54, 1.807) is 11.7 Å². The standard InChI is InChI=1S/C9H17N5/c1-14-8(10)12-7(13-14)6-9(11)4-2-3-5-9/h2-6,11H2,1H3,(H2,10,12,13). The van der Waals surface area contributed by atoms with Crippen LogP contribution < -0.4 is 11.5 Å². The van der Waals surface area contributed by atoms with Gasteiger partial charge in [0.2, 0.25) is 5.95 Å². The summed E-state index contributed by atoms with van der Waals surface area (Å²) in [5.74, 6) is 1.23. The maximum Gasteiger partial charge on any atom is 0.218 e. The number of anilines is 1. The summed E-state index contributed by atoms with van der Waals surface area (Å²) in [6, 6.07) is 0. The van der Waals surface area contributed by atoms with Gasteiger partial charge in [0.15, 0.2) is 5.82 Å². The van der Waals surface area contributed by atoms with Gasteiger partial charge in [-0.05, 0) is 12.8 Å². The number of aromatic nitrogens is 3. The van der Waals surface area contributed by atoms with Gasteiger partial charge in [-0.15, -0.1) is 0 Å². The molecule has 0 atom stereocenters. The molecule has 1 fully saturated rings. The quantitative estimate of drug-likeness (QED) is 0.706. The lowest BCUT2D eigenvalue weighted by Crippen LogP contribution is -2.39. The maximum absolute atomic E-state index is 6.22. The highest BCUT2D eigenvalue weighted by atomic mass is 15.4. The van der Waals surface area contributed by atoms with Crippen LogP contribution in [-0.2, 0) is 13.5 Å². The van der Waals surface area contributed by atoms with Crippen LogP contribution in [0.15, 0.2) is 0 Å². The van der Waals surface area contributed by atoms with Gasteiger partial charge in [0.05, 0.1) is 0 Å². The second kappa shape index (κ2) is 3.24. The molecule has 1 aliphatic rings. The van der Waals surface area contributed by atoms with Crippen LogP contribution in [0.2, 0.25) is 0 Å². The van der Waals surface area contributed by atoms with Crippen LogP contribution in [0.3, 0.4) is 0 Å². The largest absolute Gasteiger partial charge is 0.368 e. The van der Waals surface area contributed by atoms with Crippen molar-refractivity contribution in [3.8, 4) is 0 Å². The molecule has 0 aromatic carbocycles. The Hall–Kier alpha value is -1.10. The molecule has 0 radical (unpaired) electrons. The molecule has 1 aromatic heterocycles. The third kappa shape index (κ3) is 1.72. The van der Waals surface area contributed by atoms with Gasteiger partial charge >= 0.3 is 0 Å². The number of hydrogen-bond donors (Lipinski definition) is 2. The molecule has 0 spiro atoms. The van der Waals surface area contributed by atoms with Gasteiger partial charge < -0.3 is 11.5 Å². The highest BCUT2D eigenvalue weighted by Gasteiger charge is 2.30. The molecular weight excluding hydrogens is 178 g/mol. The van der Waals surface area contributed by atoms with Crippen molar-refractivity contribution in [2.75, 3.05) is 5.73 Å². The van der Waals surface area contributed by atoms with Crippen LogP contribution in [0.25, 0.3) is 0 Å². The van der Waals surface area contributed by atoms with Crippen molar-refractivity contribution in [2.45, 2.75) is 37.6 Å². The van der Waals surface area contributed by atoms with Crippen molar-refractivity contribution in [1.82, 2.24) is 14.8 Å². The van der Waals surface area contributed by atoms with E-state index in [1.165, 1.54) is 12.8 Å². The fourth-order valence-corrected chi connectivity index (χ4v) is 2.10. The van der Waals surface area contributed by atoms with Gasteiger partial charge in [-0.25, -0.2) is 4.68 Å². The highest BCUT2D eigenvalue weighted by Crippen LogP contribution is 2.29. The van der Waals surface area contributed by atoms with Crippen molar-refractivity contribution in [3.05, 3.63) is 5.82 Å². The Kier molecular flexibility index (Phi) is 2.19. The third-order valence-electron chi connectivity index (χ3n) is 2.95. The molecule has 0 unspecified atom stereocenters. The van der Waals surface area contributed by atoms with Crippen molar-refractivity contribution >= 4 is 5.95 Å². The molecule has 0 amide bonds. The number of hydrogen-bond acceptors (Lipinski definition) is 4. The average molecular weight is 195 g/mol. The van der Waals surface area contributed by atoms with Crippen LogP contribution in [0, 0.1) is 0 Å². The Labute approximate surface area is 83.5 Å². The van der Waals surface area contributed by atoms with E-state index in [9.17, 15) is 0 Å². The predicted octanol–water partition coefficient (Wildman–Crippen LogP) is 0.211. The van der Waals surface area contributed by atoms with E-state index in [2.05, 4.69) is 10.1 Å². The van der Waals surface area contributed by atoms with E-state index >= 15 is 0 Å². The van der Waals surface area contributed by atoms with Gasteiger partial charge in [0, 0.05) is 19.0 Å². The average Bonchev–Trinajstić information content (AvgIpc) is 2.62. The molecule has 0 saturated heterocycles. The zero-order valence-corrected chi connectivity index (χ0v) is 8.53. The summed E-state index contributed by atoms with van der Waals surface area (Å²) in [7, 11) is 1.80. The molecule has 1 saturated carbocycles. The highest BCUT2D eigenvalue weighted by molar-refractivity contribution is 5.16. The first-order chi connectivity index (χ1) is 6.59. The molecule has 1 aromatic rings. The topological polar surface area (TPSA) is 82.8 Å². The molecule has 78 valence electrons. The Morgan fingerprint density at radius 2 is 2.07 bits per heavy atom. The van der Waals surface area contributed by atoms with Gasteiger partial charge in [-0.2, -0.15) is 10.1 Å². The van der Waals surface area contributed by atoms with Gasteiger partial charge in [-0.3, -0.25) is 0 Å². The van der Waals surface area contributed by atoms with E-state index < -0.39 is 0 Å². The van der Waals surface area contributed by atoms with E-state index in [1.807, 2.05) is 0 Å². The summed E-state index contributed by atoms with van der Waals surface area (Å²) < 4.78 is 1.59. The molecular formula is C9H17N5. The minimum absolute atomic E-state index is 0.0895. The number of nitrogen functional groups attached to an aromatic ring is 1. The number of rotatable bonds is 2. The summed E-state index contributed by atoms with van der Waals surface area (Å²) in [6.07, 6.45) is 5.34. The molecule has 14 heavy (non-hydrogen) atoms. The van der Waals surface area contributed by atoms with Crippen LogP contribution in [-0.4, -0.2) is 20.3 Å². The Morgan fingerprint density at radius 3 is 2.57 bits per heavy atom. The normalized spacial score (nSPS) is 20.1. The van der Waals surface area contributed by atoms with Crippen molar-refractivity contribution in [1.29, 1.82) is 0 Å². The van der Waals surface area contributed by atoms with Crippen LogP contribution in [0.4, 0.5) is 5.95 Å². The summed E-state index contributed by atoms with van der Waals surface area (Å²) in [4.78, 5) is 4.17. The third-order valence-corrected chi connectivity index (χ3v) is 2.95. The summed E-state index contributed by atoms with van der Waals surface area (Å²) in [6.45, 7) is 0. The molecule has 4 N–H and O–H groups in total. The lowest BCUT2D eigenvalue weighted by atomic mass is 9.94. The first-order valence-electron chi connectivity index (χ1n) is 5.03. The first-order valence-corrected chi connectivity index (χ1v) is 5.03. The van der Waals surface area contributed by atoms with Crippen LogP contribution >= 0.6 is 0 Å². The number of nitrogens with two attached hydrogens (primary N) is 2. The monoisotopic (exact) mass is 195 g/mol. The molecule has 5 nitrogen and oxygen atoms in total. The molecule has 0 bridgehead atoms. The zero-order chi connectivity index (χ0) is 10.2. The Bertz CT molecular complexity index is 304. The van der Waals surface area contributed by atoms with E-state index in [0.717, 1.165) is 25.1 Å². The molecule has 2 rings (SSSR count). The van der Waals surface area contributed by atoms with Gasteiger partial charge in [0.25, 0.3) is 0 Å². The lowest BCUT2D eigenvalue weighted by Gasteiger charge is -2.21. The molecule has 1 aliphatic carbocycles. The number of aryl methyl sites for hydroxylation is 1. The SMILES string of the molecule is Cn1nc(CC2(N)CCCC2)nc1N. The number of nitrogens with zero attached hydrogens (tertiary/aromatic N) is 3. The van der Waals surface area contributed by atoms with Crippen LogP contribution in [0.5, 0.6) is 0 Å². The Morgan fingerprint density at radius 1 is 1.43 bits per heavy atom. The maximum atomic E-state index is 6.22. The summed E-state index contributed by atoms with van der Waals surface area (Å²) in [5.41, 5.74) is 11.7. The fourth-order valence-electron chi connectivity index (χ4n) is 2.10. The van der Waals surface area contributed by atoms with Crippen molar-refractivity contribution < 1.29 is 0 Å². The Balaban J connectivity index is 2.10. The van der Waals surface area contributed by atoms with E-state index in [0.29, 0.717) is 5.95 Å². The minimum atomic E-state index is -0.0895. The second-order valence-corrected chi connectivity index (χ2v) is 4.26. The summed E-state index contributed by atoms with van der Waals surface area (Å²) >= 11 is 0. The van der Waals surface area contributed by atoms with E-state index in [-0.39, 0.29) is 5.54 Å².